The number of halogens is 1. The standard InChI is InChI=1S/C19H16ClN3O/c1-13-4-2-3-5-18(13)24-19-17(22)10-16(11-21)23(19)12-14-6-8-15(20)9-7-14/h2-10H,12,22H2,1H3. The summed E-state index contributed by atoms with van der Waals surface area (Å²) in [4.78, 5) is 0. The third kappa shape index (κ3) is 3.22. The number of benzene rings is 2. The lowest BCUT2D eigenvalue weighted by Crippen LogP contribution is -2.05. The van der Waals surface area contributed by atoms with Crippen molar-refractivity contribution in [3.8, 4) is 17.7 Å². The summed E-state index contributed by atoms with van der Waals surface area (Å²) in [5.41, 5.74) is 8.96. The first-order valence-electron chi connectivity index (χ1n) is 7.45. The second-order valence-corrected chi connectivity index (χ2v) is 5.92. The van der Waals surface area contributed by atoms with Crippen LogP contribution in [0.1, 0.15) is 16.8 Å². The van der Waals surface area contributed by atoms with Crippen molar-refractivity contribution in [3.05, 3.63) is 76.4 Å². The highest BCUT2D eigenvalue weighted by molar-refractivity contribution is 6.30. The third-order valence-corrected chi connectivity index (χ3v) is 4.00. The van der Waals surface area contributed by atoms with E-state index in [4.69, 9.17) is 22.1 Å². The summed E-state index contributed by atoms with van der Waals surface area (Å²) >= 11 is 5.93. The number of hydrogen-bond acceptors (Lipinski definition) is 3. The van der Waals surface area contributed by atoms with E-state index in [0.29, 0.717) is 34.6 Å². The Bertz CT molecular complexity index is 907. The lowest BCUT2D eigenvalue weighted by molar-refractivity contribution is 0.434. The van der Waals surface area contributed by atoms with Gasteiger partial charge in [0.2, 0.25) is 5.88 Å². The van der Waals surface area contributed by atoms with Crippen LogP contribution in [0.3, 0.4) is 0 Å². The maximum Gasteiger partial charge on any atom is 0.224 e. The van der Waals surface area contributed by atoms with E-state index in [1.165, 1.54) is 0 Å². The molecule has 2 N–H and O–H groups in total. The molecule has 24 heavy (non-hydrogen) atoms. The first kappa shape index (κ1) is 16.0. The molecule has 3 rings (SSSR count). The number of aromatic nitrogens is 1. The van der Waals surface area contributed by atoms with Gasteiger partial charge in [-0.2, -0.15) is 5.26 Å². The average Bonchev–Trinajstić information content (AvgIpc) is 2.87. The zero-order valence-corrected chi connectivity index (χ0v) is 13.9. The summed E-state index contributed by atoms with van der Waals surface area (Å²) in [6, 6.07) is 18.9. The summed E-state index contributed by atoms with van der Waals surface area (Å²) in [6.07, 6.45) is 0. The van der Waals surface area contributed by atoms with E-state index in [-0.39, 0.29) is 0 Å². The molecule has 0 fully saturated rings. The van der Waals surface area contributed by atoms with Crippen molar-refractivity contribution in [2.45, 2.75) is 13.5 Å². The molecule has 4 nitrogen and oxygen atoms in total. The van der Waals surface area contributed by atoms with Crippen LogP contribution in [-0.2, 0) is 6.54 Å². The quantitative estimate of drug-likeness (QED) is 0.747. The Kier molecular flexibility index (Phi) is 4.45. The first-order valence-corrected chi connectivity index (χ1v) is 7.83. The monoisotopic (exact) mass is 337 g/mol. The van der Waals surface area contributed by atoms with Gasteiger partial charge in [0.1, 0.15) is 17.5 Å². The minimum Gasteiger partial charge on any atom is -0.438 e. The van der Waals surface area contributed by atoms with E-state index in [1.807, 2.05) is 55.5 Å². The van der Waals surface area contributed by atoms with Gasteiger partial charge in [-0.15, -0.1) is 0 Å². The molecule has 1 heterocycles. The molecule has 0 atom stereocenters. The summed E-state index contributed by atoms with van der Waals surface area (Å²) < 4.78 is 7.78. The lowest BCUT2D eigenvalue weighted by atomic mass is 10.2. The molecular weight excluding hydrogens is 322 g/mol. The van der Waals surface area contributed by atoms with Gasteiger partial charge in [0.15, 0.2) is 0 Å². The van der Waals surface area contributed by atoms with E-state index >= 15 is 0 Å². The van der Waals surface area contributed by atoms with Crippen LogP contribution in [-0.4, -0.2) is 4.57 Å². The Hall–Kier alpha value is -2.90. The Morgan fingerprint density at radius 2 is 1.88 bits per heavy atom. The van der Waals surface area contributed by atoms with Crippen molar-refractivity contribution in [3.63, 3.8) is 0 Å². The topological polar surface area (TPSA) is 64.0 Å². The van der Waals surface area contributed by atoms with Gasteiger partial charge in [0.25, 0.3) is 0 Å². The molecule has 0 aliphatic heterocycles. The summed E-state index contributed by atoms with van der Waals surface area (Å²) in [5.74, 6) is 1.18. The molecule has 5 heteroatoms. The zero-order chi connectivity index (χ0) is 17.1. The Labute approximate surface area is 145 Å². The molecule has 0 amide bonds. The van der Waals surface area contributed by atoms with Gasteiger partial charge in [-0.05, 0) is 36.2 Å². The number of hydrogen-bond donors (Lipinski definition) is 1. The molecule has 3 aromatic rings. The minimum atomic E-state index is 0.434. The number of para-hydroxylation sites is 1. The Morgan fingerprint density at radius 1 is 1.17 bits per heavy atom. The van der Waals surface area contributed by atoms with E-state index in [9.17, 15) is 5.26 Å². The van der Waals surface area contributed by atoms with Gasteiger partial charge in [-0.3, -0.25) is 4.57 Å². The number of nitrogen functional groups attached to an aromatic ring is 1. The normalized spacial score (nSPS) is 10.4. The number of ether oxygens (including phenoxy) is 1. The number of nitrogens with two attached hydrogens (primary N) is 1. The van der Waals surface area contributed by atoms with E-state index in [2.05, 4.69) is 6.07 Å². The van der Waals surface area contributed by atoms with Crippen LogP contribution in [0.4, 0.5) is 5.69 Å². The van der Waals surface area contributed by atoms with Crippen LogP contribution in [0, 0.1) is 18.3 Å². The number of anilines is 1. The van der Waals surface area contributed by atoms with Gasteiger partial charge in [-0.1, -0.05) is 41.9 Å². The molecule has 0 bridgehead atoms. The summed E-state index contributed by atoms with van der Waals surface area (Å²) in [5, 5.41) is 10.1. The maximum absolute atomic E-state index is 9.40. The zero-order valence-electron chi connectivity index (χ0n) is 13.2. The Morgan fingerprint density at radius 3 is 2.54 bits per heavy atom. The van der Waals surface area contributed by atoms with Gasteiger partial charge >= 0.3 is 0 Å². The second-order valence-electron chi connectivity index (χ2n) is 5.48. The van der Waals surface area contributed by atoms with Crippen LogP contribution >= 0.6 is 11.6 Å². The molecule has 120 valence electrons. The summed E-state index contributed by atoms with van der Waals surface area (Å²) in [6.45, 7) is 2.43. The van der Waals surface area contributed by atoms with Crippen LogP contribution in [0.2, 0.25) is 5.02 Å². The van der Waals surface area contributed by atoms with Crippen molar-refractivity contribution >= 4 is 17.3 Å². The number of rotatable bonds is 4. The van der Waals surface area contributed by atoms with Crippen molar-refractivity contribution in [2.75, 3.05) is 5.73 Å². The predicted molar refractivity (Wildman–Crippen MR) is 95.4 cm³/mol. The molecule has 0 aliphatic rings. The highest BCUT2D eigenvalue weighted by Crippen LogP contribution is 2.33. The second kappa shape index (κ2) is 6.69. The largest absolute Gasteiger partial charge is 0.438 e. The number of nitrogens with zero attached hydrogens (tertiary/aromatic N) is 2. The smallest absolute Gasteiger partial charge is 0.224 e. The Balaban J connectivity index is 2.00. The summed E-state index contributed by atoms with van der Waals surface area (Å²) in [7, 11) is 0. The van der Waals surface area contributed by atoms with E-state index in [1.54, 1.807) is 10.6 Å². The van der Waals surface area contributed by atoms with Crippen molar-refractivity contribution in [1.82, 2.24) is 4.57 Å². The van der Waals surface area contributed by atoms with Crippen molar-refractivity contribution < 1.29 is 4.74 Å². The van der Waals surface area contributed by atoms with Crippen LogP contribution in [0.25, 0.3) is 0 Å². The third-order valence-electron chi connectivity index (χ3n) is 3.74. The minimum absolute atomic E-state index is 0.434. The molecule has 0 unspecified atom stereocenters. The molecule has 2 aromatic carbocycles. The molecule has 0 spiro atoms. The molecule has 0 saturated carbocycles. The molecule has 0 saturated heterocycles. The average molecular weight is 338 g/mol. The highest BCUT2D eigenvalue weighted by Gasteiger charge is 2.16. The number of nitriles is 1. The maximum atomic E-state index is 9.40. The fourth-order valence-corrected chi connectivity index (χ4v) is 2.59. The first-order chi connectivity index (χ1) is 11.6. The predicted octanol–water partition coefficient (Wildman–Crippen LogP) is 4.74. The van der Waals surface area contributed by atoms with Gasteiger partial charge in [0.05, 0.1) is 12.2 Å². The SMILES string of the molecule is Cc1ccccc1Oc1c(N)cc(C#N)n1Cc1ccc(Cl)cc1. The van der Waals surface area contributed by atoms with Crippen molar-refractivity contribution in [1.29, 1.82) is 5.26 Å². The fraction of sp³-hybridized carbons (Fsp3) is 0.105. The van der Waals surface area contributed by atoms with E-state index < -0.39 is 0 Å². The van der Waals surface area contributed by atoms with Gasteiger partial charge in [0, 0.05) is 11.1 Å². The molecule has 0 aliphatic carbocycles. The molecule has 0 radical (unpaired) electrons. The van der Waals surface area contributed by atoms with Crippen LogP contribution in [0.5, 0.6) is 11.6 Å². The van der Waals surface area contributed by atoms with Crippen LogP contribution < -0.4 is 10.5 Å². The van der Waals surface area contributed by atoms with E-state index in [0.717, 1.165) is 11.1 Å². The molecule has 1 aromatic heterocycles. The fourth-order valence-electron chi connectivity index (χ4n) is 2.46. The van der Waals surface area contributed by atoms with Crippen molar-refractivity contribution in [2.24, 2.45) is 0 Å². The molecular formula is C19H16ClN3O. The van der Waals surface area contributed by atoms with Crippen LogP contribution in [0.15, 0.2) is 54.6 Å². The number of aryl methyl sites for hydroxylation is 1. The highest BCUT2D eigenvalue weighted by atomic mass is 35.5. The van der Waals surface area contributed by atoms with Gasteiger partial charge in [-0.25, -0.2) is 0 Å². The van der Waals surface area contributed by atoms with Gasteiger partial charge < -0.3 is 10.5 Å². The lowest BCUT2D eigenvalue weighted by Gasteiger charge is -2.14.